The second-order valence-electron chi connectivity index (χ2n) is 6.46. The smallest absolute Gasteiger partial charge is 0.272 e. The highest BCUT2D eigenvalue weighted by Gasteiger charge is 2.29. The van der Waals surface area contributed by atoms with Gasteiger partial charge in [-0.3, -0.25) is 14.7 Å². The lowest BCUT2D eigenvalue weighted by atomic mass is 9.98. The van der Waals surface area contributed by atoms with E-state index in [2.05, 4.69) is 10.1 Å². The molecule has 1 amide bonds. The van der Waals surface area contributed by atoms with Crippen LogP contribution in [0.5, 0.6) is 0 Å². The number of likely N-dealkylation sites (tertiary alicyclic amines) is 1. The highest BCUT2D eigenvalue weighted by atomic mass is 32.1. The molecule has 1 atom stereocenters. The van der Waals surface area contributed by atoms with E-state index in [0.717, 1.165) is 30.7 Å². The summed E-state index contributed by atoms with van der Waals surface area (Å²) in [5.41, 5.74) is 1.14. The number of hydrogen-bond donors (Lipinski definition) is 1. The Morgan fingerprint density at radius 2 is 2.24 bits per heavy atom. The largest absolute Gasteiger partial charge is 0.334 e. The molecule has 3 aromatic rings. The Bertz CT molecular complexity index is 971. The fourth-order valence-corrected chi connectivity index (χ4v) is 4.37. The first-order chi connectivity index (χ1) is 12.1. The molecule has 0 saturated carbocycles. The summed E-state index contributed by atoms with van der Waals surface area (Å²) in [7, 11) is 0. The van der Waals surface area contributed by atoms with Gasteiger partial charge in [0, 0.05) is 34.6 Å². The average molecular weight is 356 g/mol. The molecule has 0 aliphatic carbocycles. The van der Waals surface area contributed by atoms with Crippen molar-refractivity contribution in [1.82, 2.24) is 19.5 Å². The van der Waals surface area contributed by atoms with Crippen molar-refractivity contribution in [3.63, 3.8) is 0 Å². The van der Waals surface area contributed by atoms with Crippen molar-refractivity contribution in [1.29, 1.82) is 0 Å². The minimum absolute atomic E-state index is 0.114. The number of thiophene rings is 1. The molecule has 0 radical (unpaired) electrons. The van der Waals surface area contributed by atoms with Crippen LogP contribution in [0, 0.1) is 6.92 Å². The number of amides is 1. The van der Waals surface area contributed by atoms with Crippen LogP contribution in [0.1, 0.15) is 40.8 Å². The lowest BCUT2D eigenvalue weighted by molar-refractivity contribution is -0.134. The van der Waals surface area contributed by atoms with Crippen molar-refractivity contribution >= 4 is 22.9 Å². The van der Waals surface area contributed by atoms with E-state index in [9.17, 15) is 9.59 Å². The number of nitrogens with one attached hydrogen (secondary N) is 1. The third-order valence-corrected chi connectivity index (χ3v) is 5.69. The molecule has 0 aromatic carbocycles. The third kappa shape index (κ3) is 3.11. The van der Waals surface area contributed by atoms with E-state index in [0.29, 0.717) is 17.8 Å². The predicted molar refractivity (Wildman–Crippen MR) is 96.9 cm³/mol. The molecule has 6 nitrogen and oxygen atoms in total. The summed E-state index contributed by atoms with van der Waals surface area (Å²) in [6.45, 7) is 2.77. The maximum Gasteiger partial charge on any atom is 0.272 e. The molecule has 1 N–H and O–H groups in total. The van der Waals surface area contributed by atoms with Gasteiger partial charge in [0.25, 0.3) is 5.56 Å². The molecule has 1 fully saturated rings. The van der Waals surface area contributed by atoms with E-state index in [1.165, 1.54) is 9.39 Å². The Morgan fingerprint density at radius 1 is 1.36 bits per heavy atom. The van der Waals surface area contributed by atoms with Gasteiger partial charge in [-0.2, -0.15) is 0 Å². The monoisotopic (exact) mass is 356 g/mol. The van der Waals surface area contributed by atoms with E-state index in [1.54, 1.807) is 29.7 Å². The van der Waals surface area contributed by atoms with Crippen LogP contribution in [0.25, 0.3) is 5.65 Å². The Morgan fingerprint density at radius 3 is 3.04 bits per heavy atom. The van der Waals surface area contributed by atoms with Gasteiger partial charge < -0.3 is 4.90 Å². The SMILES string of the molecule is Cc1ccc(CC(=O)N2CCCC[C@H]2c2cc(=O)n3[nH]ccc3n2)s1. The molecule has 0 bridgehead atoms. The molecule has 25 heavy (non-hydrogen) atoms. The van der Waals surface area contributed by atoms with Gasteiger partial charge in [0.05, 0.1) is 18.2 Å². The Kier molecular flexibility index (Phi) is 4.17. The zero-order valence-corrected chi connectivity index (χ0v) is 14.9. The second-order valence-corrected chi connectivity index (χ2v) is 7.84. The summed E-state index contributed by atoms with van der Waals surface area (Å²) in [4.78, 5) is 33.9. The van der Waals surface area contributed by atoms with Crippen LogP contribution in [0.15, 0.2) is 35.3 Å². The normalized spacial score (nSPS) is 18.0. The zero-order chi connectivity index (χ0) is 17.4. The van der Waals surface area contributed by atoms with Crippen LogP contribution in [-0.4, -0.2) is 31.9 Å². The van der Waals surface area contributed by atoms with E-state index in [4.69, 9.17) is 0 Å². The zero-order valence-electron chi connectivity index (χ0n) is 14.1. The van der Waals surface area contributed by atoms with Crippen LogP contribution in [0.3, 0.4) is 0 Å². The van der Waals surface area contributed by atoms with Gasteiger partial charge in [0.15, 0.2) is 5.65 Å². The number of rotatable bonds is 3. The molecular weight excluding hydrogens is 336 g/mol. The number of nitrogens with zero attached hydrogens (tertiary/aromatic N) is 3. The molecule has 1 saturated heterocycles. The van der Waals surface area contributed by atoms with Crippen molar-refractivity contribution in [2.45, 2.75) is 38.6 Å². The second kappa shape index (κ2) is 6.48. The number of carbonyl (C=O) groups excluding carboxylic acids is 1. The van der Waals surface area contributed by atoms with Gasteiger partial charge in [-0.1, -0.05) is 0 Å². The first-order valence-electron chi connectivity index (χ1n) is 8.54. The summed E-state index contributed by atoms with van der Waals surface area (Å²) >= 11 is 1.66. The molecule has 130 valence electrons. The summed E-state index contributed by atoms with van der Waals surface area (Å²) in [5, 5.41) is 2.85. The molecule has 3 aromatic heterocycles. The summed E-state index contributed by atoms with van der Waals surface area (Å²) in [5.74, 6) is 0.114. The maximum atomic E-state index is 12.9. The number of H-pyrrole nitrogens is 1. The summed E-state index contributed by atoms with van der Waals surface area (Å²) in [6, 6.07) is 7.27. The van der Waals surface area contributed by atoms with Gasteiger partial charge in [-0.05, 0) is 38.3 Å². The highest BCUT2D eigenvalue weighted by Crippen LogP contribution is 2.30. The highest BCUT2D eigenvalue weighted by molar-refractivity contribution is 7.12. The number of aromatic nitrogens is 3. The topological polar surface area (TPSA) is 70.5 Å². The number of hydrogen-bond acceptors (Lipinski definition) is 4. The number of carbonyl (C=O) groups is 1. The van der Waals surface area contributed by atoms with Crippen molar-refractivity contribution < 1.29 is 4.79 Å². The van der Waals surface area contributed by atoms with Crippen molar-refractivity contribution in [3.05, 3.63) is 56.3 Å². The predicted octanol–water partition coefficient (Wildman–Crippen LogP) is 2.69. The molecule has 0 spiro atoms. The number of aromatic amines is 1. The van der Waals surface area contributed by atoms with Gasteiger partial charge in [0.1, 0.15) is 0 Å². The van der Waals surface area contributed by atoms with Crippen molar-refractivity contribution in [3.8, 4) is 0 Å². The number of piperidine rings is 1. The van der Waals surface area contributed by atoms with E-state index in [-0.39, 0.29) is 17.5 Å². The number of aryl methyl sites for hydroxylation is 1. The standard InChI is InChI=1S/C18H20N4O2S/c1-12-5-6-13(25-12)10-17(23)21-9-3-2-4-15(21)14-11-18(24)22-16(20-14)7-8-19-22/h5-8,11,15,19H,2-4,9-10H2,1H3/t15-/m0/s1. The average Bonchev–Trinajstić information content (AvgIpc) is 3.24. The van der Waals surface area contributed by atoms with Crippen LogP contribution in [0.4, 0.5) is 0 Å². The van der Waals surface area contributed by atoms with Crippen LogP contribution in [0.2, 0.25) is 0 Å². The quantitative estimate of drug-likeness (QED) is 0.784. The maximum absolute atomic E-state index is 12.9. The minimum atomic E-state index is -0.142. The van der Waals surface area contributed by atoms with Crippen molar-refractivity contribution in [2.24, 2.45) is 0 Å². The Labute approximate surface area is 149 Å². The lowest BCUT2D eigenvalue weighted by Crippen LogP contribution is -2.40. The van der Waals surface area contributed by atoms with Gasteiger partial charge in [-0.25, -0.2) is 9.50 Å². The van der Waals surface area contributed by atoms with Crippen LogP contribution >= 0.6 is 11.3 Å². The molecule has 7 heteroatoms. The Balaban J connectivity index is 1.63. The molecule has 1 aliphatic rings. The fourth-order valence-electron chi connectivity index (χ4n) is 3.49. The van der Waals surface area contributed by atoms with Crippen LogP contribution in [-0.2, 0) is 11.2 Å². The first kappa shape index (κ1) is 16.1. The van der Waals surface area contributed by atoms with Gasteiger partial charge >= 0.3 is 0 Å². The molecule has 1 aliphatic heterocycles. The first-order valence-corrected chi connectivity index (χ1v) is 9.35. The van der Waals surface area contributed by atoms with Crippen molar-refractivity contribution in [2.75, 3.05) is 6.54 Å². The Hall–Kier alpha value is -2.41. The summed E-state index contributed by atoms with van der Waals surface area (Å²) in [6.07, 6.45) is 5.00. The van der Waals surface area contributed by atoms with E-state index >= 15 is 0 Å². The molecule has 4 rings (SSSR count). The van der Waals surface area contributed by atoms with Gasteiger partial charge in [-0.15, -0.1) is 11.3 Å². The molecular formula is C18H20N4O2S. The summed E-state index contributed by atoms with van der Waals surface area (Å²) < 4.78 is 1.41. The lowest BCUT2D eigenvalue weighted by Gasteiger charge is -2.35. The minimum Gasteiger partial charge on any atom is -0.334 e. The third-order valence-electron chi connectivity index (χ3n) is 4.69. The number of fused-ring (bicyclic) bond motifs is 1. The van der Waals surface area contributed by atoms with E-state index < -0.39 is 0 Å². The van der Waals surface area contributed by atoms with Crippen LogP contribution < -0.4 is 5.56 Å². The molecule has 4 heterocycles. The fraction of sp³-hybridized carbons (Fsp3) is 0.389. The molecule has 0 unspecified atom stereocenters. The van der Waals surface area contributed by atoms with E-state index in [1.807, 2.05) is 24.0 Å². The van der Waals surface area contributed by atoms with Gasteiger partial charge in [0.2, 0.25) is 5.91 Å².